The molecule has 1 aromatic heterocycles. The van der Waals surface area contributed by atoms with Gasteiger partial charge in [-0.1, -0.05) is 48.5 Å². The van der Waals surface area contributed by atoms with Crippen LogP contribution in [0.15, 0.2) is 54.7 Å². The van der Waals surface area contributed by atoms with E-state index < -0.39 is 0 Å². The summed E-state index contributed by atoms with van der Waals surface area (Å²) in [6, 6.07) is 16.4. The largest absolute Gasteiger partial charge is 0.445 e. The van der Waals surface area contributed by atoms with Crippen LogP contribution in [0.4, 0.5) is 4.79 Å². The average Bonchev–Trinajstić information content (AvgIpc) is 3.31. The minimum Gasteiger partial charge on any atom is -0.445 e. The first-order chi connectivity index (χ1) is 17.1. The summed E-state index contributed by atoms with van der Waals surface area (Å²) < 4.78 is 14.3. The normalized spacial score (nSPS) is 23.1. The van der Waals surface area contributed by atoms with Crippen molar-refractivity contribution in [2.24, 2.45) is 5.92 Å². The molecule has 2 saturated carbocycles. The molecule has 2 aliphatic carbocycles. The van der Waals surface area contributed by atoms with Gasteiger partial charge in [-0.25, -0.2) is 9.48 Å². The summed E-state index contributed by atoms with van der Waals surface area (Å²) >= 11 is 0. The molecule has 3 aromatic rings. The molecule has 1 aliphatic heterocycles. The monoisotopic (exact) mass is 471 g/mol. The standard InChI is InChI=1S/C29H33N3O3/c1-19-7-6-8-20(2)28(19)32-26(25(15-30-32)22-11-12-22)18-34-27-14-24-13-23(27)16-31(24)29(33)35-17-21-9-4-3-5-10-21/h3-10,15,22-24,27H,11-14,16-18H2,1-2H3/t23-,24-,27+/m0/s1. The highest BCUT2D eigenvalue weighted by Crippen LogP contribution is 2.44. The van der Waals surface area contributed by atoms with Crippen LogP contribution in [0.25, 0.3) is 5.69 Å². The number of piperidine rings is 1. The number of aryl methyl sites for hydroxylation is 2. The van der Waals surface area contributed by atoms with Crippen molar-refractivity contribution in [3.8, 4) is 5.69 Å². The van der Waals surface area contributed by atoms with Gasteiger partial charge in [-0.05, 0) is 67.7 Å². The second kappa shape index (κ2) is 9.15. The fourth-order valence-corrected chi connectivity index (χ4v) is 5.92. The number of ether oxygens (including phenoxy) is 2. The third kappa shape index (κ3) is 4.36. The molecule has 0 N–H and O–H groups in total. The molecule has 6 nitrogen and oxygen atoms in total. The van der Waals surface area contributed by atoms with Crippen molar-refractivity contribution in [3.05, 3.63) is 82.7 Å². The summed E-state index contributed by atoms with van der Waals surface area (Å²) in [5.41, 5.74) is 7.15. The van der Waals surface area contributed by atoms with Crippen molar-refractivity contribution in [1.29, 1.82) is 0 Å². The number of rotatable bonds is 7. The van der Waals surface area contributed by atoms with Crippen LogP contribution < -0.4 is 0 Å². The summed E-state index contributed by atoms with van der Waals surface area (Å²) in [5, 5.41) is 4.81. The van der Waals surface area contributed by atoms with Gasteiger partial charge in [0.1, 0.15) is 6.61 Å². The number of para-hydroxylation sites is 1. The number of hydrogen-bond acceptors (Lipinski definition) is 4. The second-order valence-corrected chi connectivity index (χ2v) is 10.4. The van der Waals surface area contributed by atoms with Gasteiger partial charge in [-0.2, -0.15) is 5.10 Å². The summed E-state index contributed by atoms with van der Waals surface area (Å²) in [5.74, 6) is 0.979. The van der Waals surface area contributed by atoms with Crippen molar-refractivity contribution >= 4 is 6.09 Å². The molecule has 0 spiro atoms. The van der Waals surface area contributed by atoms with Crippen LogP contribution >= 0.6 is 0 Å². The van der Waals surface area contributed by atoms with Crippen LogP contribution in [0, 0.1) is 19.8 Å². The molecule has 182 valence electrons. The first kappa shape index (κ1) is 22.4. The first-order valence-corrected chi connectivity index (χ1v) is 12.8. The van der Waals surface area contributed by atoms with Gasteiger partial charge in [0, 0.05) is 18.5 Å². The lowest BCUT2D eigenvalue weighted by Gasteiger charge is -2.31. The van der Waals surface area contributed by atoms with Gasteiger partial charge < -0.3 is 14.4 Å². The van der Waals surface area contributed by atoms with E-state index in [0.29, 0.717) is 31.6 Å². The quantitative estimate of drug-likeness (QED) is 0.445. The fourth-order valence-electron chi connectivity index (χ4n) is 5.92. The van der Waals surface area contributed by atoms with E-state index >= 15 is 0 Å². The van der Waals surface area contributed by atoms with Crippen LogP contribution in [0.3, 0.4) is 0 Å². The van der Waals surface area contributed by atoms with Crippen LogP contribution in [0.1, 0.15) is 59.5 Å². The summed E-state index contributed by atoms with van der Waals surface area (Å²) in [6.45, 7) is 5.89. The summed E-state index contributed by atoms with van der Waals surface area (Å²) in [4.78, 5) is 14.6. The Morgan fingerprint density at radius 3 is 2.46 bits per heavy atom. The Morgan fingerprint density at radius 2 is 1.77 bits per heavy atom. The summed E-state index contributed by atoms with van der Waals surface area (Å²) in [6.07, 6.45) is 6.36. The van der Waals surface area contributed by atoms with Gasteiger partial charge in [0.2, 0.25) is 0 Å². The zero-order valence-electron chi connectivity index (χ0n) is 20.5. The number of nitrogens with zero attached hydrogens (tertiary/aromatic N) is 3. The molecule has 3 fully saturated rings. The maximum Gasteiger partial charge on any atom is 0.410 e. The lowest BCUT2D eigenvalue weighted by Crippen LogP contribution is -2.42. The molecule has 6 heteroatoms. The highest BCUT2D eigenvalue weighted by Gasteiger charge is 2.48. The molecule has 0 radical (unpaired) electrons. The smallest absolute Gasteiger partial charge is 0.410 e. The molecule has 3 atom stereocenters. The van der Waals surface area contributed by atoms with E-state index in [9.17, 15) is 4.79 Å². The number of carbonyl (C=O) groups excluding carboxylic acids is 1. The Labute approximate surface area is 206 Å². The van der Waals surface area contributed by atoms with Crippen molar-refractivity contribution in [2.75, 3.05) is 6.54 Å². The van der Waals surface area contributed by atoms with Crippen LogP contribution in [0.2, 0.25) is 0 Å². The number of fused-ring (bicyclic) bond motifs is 2. The van der Waals surface area contributed by atoms with Crippen molar-refractivity contribution < 1.29 is 14.3 Å². The maximum absolute atomic E-state index is 12.7. The van der Waals surface area contributed by atoms with Crippen molar-refractivity contribution in [1.82, 2.24) is 14.7 Å². The first-order valence-electron chi connectivity index (χ1n) is 12.8. The van der Waals surface area contributed by atoms with Gasteiger partial charge in [-0.15, -0.1) is 0 Å². The van der Waals surface area contributed by atoms with E-state index in [-0.39, 0.29) is 18.2 Å². The van der Waals surface area contributed by atoms with Gasteiger partial charge in [0.05, 0.1) is 30.3 Å². The molecule has 3 aliphatic rings. The van der Waals surface area contributed by atoms with Crippen LogP contribution in [0.5, 0.6) is 0 Å². The Morgan fingerprint density at radius 1 is 1.00 bits per heavy atom. The predicted octanol–water partition coefficient (Wildman–Crippen LogP) is 5.68. The molecule has 2 heterocycles. The topological polar surface area (TPSA) is 56.6 Å². The Kier molecular flexibility index (Phi) is 5.85. The number of benzene rings is 2. The average molecular weight is 472 g/mol. The number of aromatic nitrogens is 2. The number of likely N-dealkylation sites (tertiary alicyclic amines) is 1. The minimum atomic E-state index is -0.205. The Balaban J connectivity index is 1.11. The van der Waals surface area contributed by atoms with E-state index in [0.717, 1.165) is 18.4 Å². The number of hydrogen-bond donors (Lipinski definition) is 0. The zero-order chi connectivity index (χ0) is 23.9. The molecular weight excluding hydrogens is 438 g/mol. The SMILES string of the molecule is Cc1cccc(C)c1-n1ncc(C2CC2)c1CO[C@@H]1C[C@@H]2C[C@H]1CN2C(=O)OCc1ccccc1. The molecular formula is C29H33N3O3. The Hall–Kier alpha value is -3.12. The lowest BCUT2D eigenvalue weighted by atomic mass is 10.1. The van der Waals surface area contributed by atoms with E-state index in [1.165, 1.54) is 40.9 Å². The molecule has 35 heavy (non-hydrogen) atoms. The van der Waals surface area contributed by atoms with Gasteiger partial charge in [-0.3, -0.25) is 0 Å². The zero-order valence-corrected chi connectivity index (χ0v) is 20.5. The van der Waals surface area contributed by atoms with E-state index in [2.05, 4.69) is 36.7 Å². The number of amides is 1. The van der Waals surface area contributed by atoms with Crippen molar-refractivity contribution in [3.63, 3.8) is 0 Å². The summed E-state index contributed by atoms with van der Waals surface area (Å²) in [7, 11) is 0. The van der Waals surface area contributed by atoms with Gasteiger partial charge in [0.15, 0.2) is 0 Å². The van der Waals surface area contributed by atoms with Crippen molar-refractivity contribution in [2.45, 2.75) is 70.8 Å². The van der Waals surface area contributed by atoms with E-state index in [1.54, 1.807) is 0 Å². The van der Waals surface area contributed by atoms with Crippen LogP contribution in [-0.2, 0) is 22.7 Å². The van der Waals surface area contributed by atoms with Gasteiger partial charge in [0.25, 0.3) is 0 Å². The Bertz CT molecular complexity index is 1200. The molecule has 1 amide bonds. The molecule has 6 rings (SSSR count). The van der Waals surface area contributed by atoms with Gasteiger partial charge >= 0.3 is 6.09 Å². The number of carbonyl (C=O) groups is 1. The van der Waals surface area contributed by atoms with E-state index in [1.807, 2.05) is 41.4 Å². The molecule has 2 aromatic carbocycles. The molecule has 1 saturated heterocycles. The highest BCUT2D eigenvalue weighted by atomic mass is 16.6. The maximum atomic E-state index is 12.7. The molecule has 2 bridgehead atoms. The minimum absolute atomic E-state index is 0.173. The fraction of sp³-hybridized carbons (Fsp3) is 0.448. The molecule has 0 unspecified atom stereocenters. The third-order valence-corrected chi connectivity index (χ3v) is 7.92. The highest BCUT2D eigenvalue weighted by molar-refractivity contribution is 5.68. The lowest BCUT2D eigenvalue weighted by molar-refractivity contribution is -0.0131. The van der Waals surface area contributed by atoms with E-state index in [4.69, 9.17) is 14.6 Å². The van der Waals surface area contributed by atoms with Crippen LogP contribution in [-0.4, -0.2) is 39.5 Å². The predicted molar refractivity (Wildman–Crippen MR) is 133 cm³/mol. The third-order valence-electron chi connectivity index (χ3n) is 7.92. The second-order valence-electron chi connectivity index (χ2n) is 10.4.